The van der Waals surface area contributed by atoms with Crippen molar-refractivity contribution in [1.82, 2.24) is 10.2 Å². The predicted octanol–water partition coefficient (Wildman–Crippen LogP) is 5.24. The number of amides is 1. The molecule has 3 aromatic rings. The van der Waals surface area contributed by atoms with Gasteiger partial charge in [-0.25, -0.2) is 0 Å². The number of rotatable bonds is 8. The Bertz CT molecular complexity index is 928. The topological polar surface area (TPSA) is 64.1 Å². The van der Waals surface area contributed by atoms with Crippen LogP contribution in [-0.2, 0) is 10.5 Å². The fourth-order valence-electron chi connectivity index (χ4n) is 2.63. The molecule has 0 saturated heterocycles. The lowest BCUT2D eigenvalue weighted by Gasteiger charge is -2.18. The molecule has 1 heterocycles. The van der Waals surface area contributed by atoms with Crippen LogP contribution in [0, 0.1) is 13.8 Å². The Morgan fingerprint density at radius 1 is 1.18 bits per heavy atom. The first-order valence-electron chi connectivity index (χ1n) is 9.10. The molecule has 0 radical (unpaired) electrons. The average molecular weight is 414 g/mol. The molecule has 7 heteroatoms. The number of aromatic nitrogens is 2. The van der Waals surface area contributed by atoms with Gasteiger partial charge in [-0.05, 0) is 37.5 Å². The molecule has 5 nitrogen and oxygen atoms in total. The number of hydrogen-bond donors (Lipinski definition) is 1. The van der Waals surface area contributed by atoms with Gasteiger partial charge >= 0.3 is 0 Å². The fraction of sp³-hybridized carbons (Fsp3) is 0.286. The van der Waals surface area contributed by atoms with E-state index < -0.39 is 6.10 Å². The zero-order valence-corrected chi connectivity index (χ0v) is 17.8. The van der Waals surface area contributed by atoms with E-state index in [1.807, 2.05) is 57.2 Å². The van der Waals surface area contributed by atoms with Gasteiger partial charge in [0.15, 0.2) is 10.4 Å². The maximum atomic E-state index is 12.6. The van der Waals surface area contributed by atoms with Crippen LogP contribution in [0.4, 0.5) is 5.13 Å². The Morgan fingerprint density at radius 3 is 2.68 bits per heavy atom. The van der Waals surface area contributed by atoms with Gasteiger partial charge in [0.25, 0.3) is 5.91 Å². The average Bonchev–Trinajstić information content (AvgIpc) is 3.14. The van der Waals surface area contributed by atoms with E-state index in [0.29, 0.717) is 11.6 Å². The molecule has 1 unspecified atom stereocenters. The SMILES string of the molecule is CCC(Oc1ccc(C)cc1C)C(=O)Nc1nnc(SCc2ccccc2)s1. The highest BCUT2D eigenvalue weighted by atomic mass is 32.2. The Labute approximate surface area is 173 Å². The van der Waals surface area contributed by atoms with Crippen molar-refractivity contribution in [3.8, 4) is 5.75 Å². The number of carbonyl (C=O) groups excluding carboxylic acids is 1. The van der Waals surface area contributed by atoms with E-state index in [4.69, 9.17) is 4.74 Å². The first kappa shape index (κ1) is 20.4. The number of nitrogens with zero attached hydrogens (tertiary/aromatic N) is 2. The summed E-state index contributed by atoms with van der Waals surface area (Å²) in [6.45, 7) is 5.94. The van der Waals surface area contributed by atoms with E-state index in [-0.39, 0.29) is 5.91 Å². The minimum absolute atomic E-state index is 0.210. The van der Waals surface area contributed by atoms with E-state index in [1.165, 1.54) is 16.9 Å². The molecular weight excluding hydrogens is 390 g/mol. The molecule has 28 heavy (non-hydrogen) atoms. The predicted molar refractivity (Wildman–Crippen MR) is 115 cm³/mol. The second-order valence-corrected chi connectivity index (χ2v) is 8.62. The number of nitrogens with one attached hydrogen (secondary N) is 1. The summed E-state index contributed by atoms with van der Waals surface area (Å²) in [4.78, 5) is 12.6. The number of hydrogen-bond acceptors (Lipinski definition) is 6. The quantitative estimate of drug-likeness (QED) is 0.404. The second kappa shape index (κ2) is 9.71. The molecular formula is C21H23N3O2S2. The monoisotopic (exact) mass is 413 g/mol. The molecule has 1 N–H and O–H groups in total. The third kappa shape index (κ3) is 5.56. The van der Waals surface area contributed by atoms with Gasteiger partial charge in [-0.2, -0.15) is 0 Å². The minimum atomic E-state index is -0.578. The van der Waals surface area contributed by atoms with Gasteiger partial charge in [0.1, 0.15) is 5.75 Å². The van der Waals surface area contributed by atoms with Crippen LogP contribution in [0.25, 0.3) is 0 Å². The standard InChI is InChI=1S/C21H23N3O2S2/c1-4-17(26-18-11-10-14(2)12-15(18)3)19(25)22-20-23-24-21(28-20)27-13-16-8-6-5-7-9-16/h5-12,17H,4,13H2,1-3H3,(H,22,23,25). The van der Waals surface area contributed by atoms with Crippen LogP contribution < -0.4 is 10.1 Å². The molecule has 1 amide bonds. The van der Waals surface area contributed by atoms with Crippen molar-refractivity contribution in [2.24, 2.45) is 0 Å². The summed E-state index contributed by atoms with van der Waals surface area (Å²) >= 11 is 2.98. The zero-order valence-electron chi connectivity index (χ0n) is 16.1. The lowest BCUT2D eigenvalue weighted by molar-refractivity contribution is -0.122. The highest BCUT2D eigenvalue weighted by Crippen LogP contribution is 2.28. The van der Waals surface area contributed by atoms with Gasteiger partial charge in [0.2, 0.25) is 5.13 Å². The van der Waals surface area contributed by atoms with Crippen LogP contribution in [0.3, 0.4) is 0 Å². The summed E-state index contributed by atoms with van der Waals surface area (Å²) in [5.74, 6) is 1.33. The van der Waals surface area contributed by atoms with Gasteiger partial charge in [-0.1, -0.05) is 78.1 Å². The maximum Gasteiger partial charge on any atom is 0.267 e. The van der Waals surface area contributed by atoms with Crippen LogP contribution in [0.1, 0.15) is 30.0 Å². The van der Waals surface area contributed by atoms with E-state index in [0.717, 1.165) is 27.0 Å². The minimum Gasteiger partial charge on any atom is -0.480 e. The van der Waals surface area contributed by atoms with Crippen molar-refractivity contribution in [3.05, 3.63) is 65.2 Å². The van der Waals surface area contributed by atoms with Gasteiger partial charge in [-0.3, -0.25) is 10.1 Å². The molecule has 2 aromatic carbocycles. The molecule has 0 bridgehead atoms. The Hall–Kier alpha value is -2.38. The normalized spacial score (nSPS) is 11.8. The van der Waals surface area contributed by atoms with Crippen LogP contribution in [0.2, 0.25) is 0 Å². The molecule has 0 spiro atoms. The summed E-state index contributed by atoms with van der Waals surface area (Å²) in [6, 6.07) is 16.1. The summed E-state index contributed by atoms with van der Waals surface area (Å²) in [6.07, 6.45) is -0.0150. The molecule has 0 aliphatic heterocycles. The maximum absolute atomic E-state index is 12.6. The van der Waals surface area contributed by atoms with E-state index >= 15 is 0 Å². The number of aryl methyl sites for hydroxylation is 2. The third-order valence-corrected chi connectivity index (χ3v) is 6.15. The number of ether oxygens (including phenoxy) is 1. The first-order chi connectivity index (χ1) is 13.5. The van der Waals surface area contributed by atoms with Gasteiger partial charge in [0, 0.05) is 5.75 Å². The highest BCUT2D eigenvalue weighted by Gasteiger charge is 2.21. The molecule has 1 atom stereocenters. The smallest absolute Gasteiger partial charge is 0.267 e. The summed E-state index contributed by atoms with van der Waals surface area (Å²) in [5.41, 5.74) is 3.40. The van der Waals surface area contributed by atoms with Gasteiger partial charge < -0.3 is 4.74 Å². The number of thioether (sulfide) groups is 1. The van der Waals surface area contributed by atoms with Crippen molar-refractivity contribution < 1.29 is 9.53 Å². The van der Waals surface area contributed by atoms with Crippen molar-refractivity contribution in [1.29, 1.82) is 0 Å². The molecule has 146 valence electrons. The highest BCUT2D eigenvalue weighted by molar-refractivity contribution is 8.00. The molecule has 0 fully saturated rings. The van der Waals surface area contributed by atoms with Gasteiger partial charge in [-0.15, -0.1) is 10.2 Å². The molecule has 3 rings (SSSR count). The molecule has 0 aliphatic carbocycles. The van der Waals surface area contributed by atoms with Crippen LogP contribution in [-0.4, -0.2) is 22.2 Å². The van der Waals surface area contributed by atoms with Crippen molar-refractivity contribution in [3.63, 3.8) is 0 Å². The third-order valence-electron chi connectivity index (χ3n) is 4.10. The van der Waals surface area contributed by atoms with E-state index in [2.05, 4.69) is 27.6 Å². The summed E-state index contributed by atoms with van der Waals surface area (Å²) in [5, 5.41) is 11.6. The zero-order chi connectivity index (χ0) is 19.9. The van der Waals surface area contributed by atoms with Crippen molar-refractivity contribution >= 4 is 34.1 Å². The summed E-state index contributed by atoms with van der Waals surface area (Å²) in [7, 11) is 0. The van der Waals surface area contributed by atoms with Crippen LogP contribution in [0.5, 0.6) is 5.75 Å². The molecule has 0 saturated carbocycles. The van der Waals surface area contributed by atoms with Gasteiger partial charge in [0.05, 0.1) is 0 Å². The van der Waals surface area contributed by atoms with Crippen LogP contribution >= 0.6 is 23.1 Å². The fourth-order valence-corrected chi connectivity index (χ4v) is 4.34. The van der Waals surface area contributed by atoms with E-state index in [9.17, 15) is 4.79 Å². The summed E-state index contributed by atoms with van der Waals surface area (Å²) < 4.78 is 6.76. The first-order valence-corrected chi connectivity index (χ1v) is 10.9. The van der Waals surface area contributed by atoms with Crippen molar-refractivity contribution in [2.45, 2.75) is 43.4 Å². The Balaban J connectivity index is 1.57. The largest absolute Gasteiger partial charge is 0.480 e. The van der Waals surface area contributed by atoms with E-state index in [1.54, 1.807) is 11.8 Å². The van der Waals surface area contributed by atoms with Crippen LogP contribution in [0.15, 0.2) is 52.9 Å². The lowest BCUT2D eigenvalue weighted by Crippen LogP contribution is -2.32. The Morgan fingerprint density at radius 2 is 1.96 bits per heavy atom. The second-order valence-electron chi connectivity index (χ2n) is 6.42. The molecule has 1 aromatic heterocycles. The number of carbonyl (C=O) groups is 1. The molecule has 0 aliphatic rings. The number of benzene rings is 2. The lowest BCUT2D eigenvalue weighted by atomic mass is 10.1. The Kier molecular flexibility index (Phi) is 7.06. The van der Waals surface area contributed by atoms with Crippen molar-refractivity contribution in [2.75, 3.05) is 5.32 Å². The number of anilines is 1.